The van der Waals surface area contributed by atoms with E-state index in [2.05, 4.69) is 39.8 Å². The number of benzene rings is 1. The molecule has 1 aromatic carbocycles. The van der Waals surface area contributed by atoms with Crippen molar-refractivity contribution < 1.29 is 4.79 Å². The van der Waals surface area contributed by atoms with Gasteiger partial charge in [0.05, 0.1) is 5.38 Å². The number of alkyl halides is 1. The molecule has 1 aliphatic heterocycles. The average Bonchev–Trinajstić information content (AvgIpc) is 2.40. The predicted octanol–water partition coefficient (Wildman–Crippen LogP) is 4.07. The van der Waals surface area contributed by atoms with Crippen LogP contribution < -0.4 is 0 Å². The zero-order valence-corrected chi connectivity index (χ0v) is 13.6. The molecule has 0 aromatic heterocycles. The fourth-order valence-corrected chi connectivity index (χ4v) is 2.79. The van der Waals surface area contributed by atoms with Crippen LogP contribution >= 0.6 is 11.6 Å². The first-order valence-electron chi connectivity index (χ1n) is 7.33. The van der Waals surface area contributed by atoms with Crippen molar-refractivity contribution in [2.24, 2.45) is 5.92 Å². The molecule has 0 saturated carbocycles. The summed E-state index contributed by atoms with van der Waals surface area (Å²) in [6.07, 6.45) is 0.986. The number of likely N-dealkylation sites (tertiary alicyclic amines) is 1. The van der Waals surface area contributed by atoms with Crippen LogP contribution in [0.25, 0.3) is 0 Å². The van der Waals surface area contributed by atoms with Crippen LogP contribution in [0.15, 0.2) is 24.3 Å². The molecule has 0 spiro atoms. The molecule has 20 heavy (non-hydrogen) atoms. The van der Waals surface area contributed by atoms with Gasteiger partial charge in [-0.25, -0.2) is 0 Å². The molecule has 1 amide bonds. The monoisotopic (exact) mass is 293 g/mol. The minimum absolute atomic E-state index is 0.0709. The van der Waals surface area contributed by atoms with Crippen LogP contribution in [0, 0.1) is 5.92 Å². The van der Waals surface area contributed by atoms with Gasteiger partial charge in [-0.15, -0.1) is 11.6 Å². The van der Waals surface area contributed by atoms with Gasteiger partial charge in [0.1, 0.15) is 0 Å². The first-order valence-corrected chi connectivity index (χ1v) is 7.76. The molecule has 0 radical (unpaired) electrons. The van der Waals surface area contributed by atoms with Crippen molar-refractivity contribution in [1.82, 2.24) is 4.90 Å². The van der Waals surface area contributed by atoms with E-state index in [0.29, 0.717) is 12.5 Å². The number of hydrogen-bond donors (Lipinski definition) is 0. The number of piperidine rings is 1. The fraction of sp³-hybridized carbons (Fsp3) is 0.588. The summed E-state index contributed by atoms with van der Waals surface area (Å²) in [6.45, 7) is 10.1. The SMILES string of the molecule is CC1CCN(C(=O)c2ccc(C(C)(C)C)cc2)CC1Cl. The van der Waals surface area contributed by atoms with E-state index >= 15 is 0 Å². The van der Waals surface area contributed by atoms with E-state index in [0.717, 1.165) is 18.5 Å². The quantitative estimate of drug-likeness (QED) is 0.715. The van der Waals surface area contributed by atoms with Crippen LogP contribution in [0.1, 0.15) is 50.0 Å². The maximum Gasteiger partial charge on any atom is 0.253 e. The molecule has 110 valence electrons. The van der Waals surface area contributed by atoms with Crippen molar-refractivity contribution in [3.63, 3.8) is 0 Å². The van der Waals surface area contributed by atoms with Crippen molar-refractivity contribution in [3.8, 4) is 0 Å². The Balaban J connectivity index is 2.10. The van der Waals surface area contributed by atoms with Gasteiger partial charge in [0, 0.05) is 18.7 Å². The average molecular weight is 294 g/mol. The number of hydrogen-bond acceptors (Lipinski definition) is 1. The molecule has 1 saturated heterocycles. The Kier molecular flexibility index (Phi) is 4.43. The van der Waals surface area contributed by atoms with E-state index in [-0.39, 0.29) is 16.7 Å². The molecule has 1 aromatic rings. The Labute approximate surface area is 127 Å². The number of halogens is 1. The van der Waals surface area contributed by atoms with Crippen LogP contribution in [-0.2, 0) is 5.41 Å². The highest BCUT2D eigenvalue weighted by atomic mass is 35.5. The second-order valence-corrected chi connectivity index (χ2v) is 7.42. The summed E-state index contributed by atoms with van der Waals surface area (Å²) >= 11 is 6.28. The fourth-order valence-electron chi connectivity index (χ4n) is 2.50. The van der Waals surface area contributed by atoms with E-state index < -0.39 is 0 Å². The number of nitrogens with zero attached hydrogens (tertiary/aromatic N) is 1. The molecular weight excluding hydrogens is 270 g/mol. The molecule has 0 bridgehead atoms. The van der Waals surface area contributed by atoms with Crippen LogP contribution in [0.4, 0.5) is 0 Å². The smallest absolute Gasteiger partial charge is 0.253 e. The van der Waals surface area contributed by atoms with Gasteiger partial charge >= 0.3 is 0 Å². The second-order valence-electron chi connectivity index (χ2n) is 6.86. The summed E-state index contributed by atoms with van der Waals surface area (Å²) in [6, 6.07) is 7.98. The van der Waals surface area contributed by atoms with E-state index in [1.165, 1.54) is 5.56 Å². The van der Waals surface area contributed by atoms with E-state index in [1.807, 2.05) is 17.0 Å². The van der Waals surface area contributed by atoms with Crippen molar-refractivity contribution >= 4 is 17.5 Å². The number of rotatable bonds is 1. The maximum absolute atomic E-state index is 12.5. The first-order chi connectivity index (χ1) is 9.29. The van der Waals surface area contributed by atoms with Crippen molar-refractivity contribution in [1.29, 1.82) is 0 Å². The van der Waals surface area contributed by atoms with E-state index in [9.17, 15) is 4.79 Å². The Morgan fingerprint density at radius 3 is 2.35 bits per heavy atom. The Bertz CT molecular complexity index is 475. The summed E-state index contributed by atoms with van der Waals surface area (Å²) in [5, 5.41) is 0.0709. The highest BCUT2D eigenvalue weighted by Crippen LogP contribution is 2.25. The lowest BCUT2D eigenvalue weighted by molar-refractivity contribution is 0.0701. The van der Waals surface area contributed by atoms with Gasteiger partial charge < -0.3 is 4.90 Å². The van der Waals surface area contributed by atoms with E-state index in [1.54, 1.807) is 0 Å². The summed E-state index contributed by atoms with van der Waals surface area (Å²) in [5.41, 5.74) is 2.12. The summed E-state index contributed by atoms with van der Waals surface area (Å²) in [5.74, 6) is 0.590. The van der Waals surface area contributed by atoms with Gasteiger partial charge in [-0.2, -0.15) is 0 Å². The molecule has 3 heteroatoms. The lowest BCUT2D eigenvalue weighted by Crippen LogP contribution is -2.43. The molecule has 1 fully saturated rings. The number of amides is 1. The topological polar surface area (TPSA) is 20.3 Å². The molecule has 2 rings (SSSR count). The minimum Gasteiger partial charge on any atom is -0.337 e. The zero-order chi connectivity index (χ0) is 14.9. The normalized spacial score (nSPS) is 23.8. The minimum atomic E-state index is 0.0709. The Morgan fingerprint density at radius 2 is 1.85 bits per heavy atom. The third kappa shape index (κ3) is 3.35. The third-order valence-corrected chi connectivity index (χ3v) is 4.72. The summed E-state index contributed by atoms with van der Waals surface area (Å²) in [7, 11) is 0. The van der Waals surface area contributed by atoms with Crippen molar-refractivity contribution in [2.75, 3.05) is 13.1 Å². The maximum atomic E-state index is 12.5. The van der Waals surface area contributed by atoms with Gasteiger partial charge in [-0.3, -0.25) is 4.79 Å². The van der Waals surface area contributed by atoms with Crippen LogP contribution in [-0.4, -0.2) is 29.3 Å². The molecule has 1 aliphatic rings. The van der Waals surface area contributed by atoms with E-state index in [4.69, 9.17) is 11.6 Å². The van der Waals surface area contributed by atoms with Gasteiger partial charge in [-0.05, 0) is 35.4 Å². The second kappa shape index (κ2) is 5.77. The molecule has 2 unspecified atom stereocenters. The zero-order valence-electron chi connectivity index (χ0n) is 12.8. The van der Waals surface area contributed by atoms with Gasteiger partial charge in [0.25, 0.3) is 5.91 Å². The standard InChI is InChI=1S/C17H24ClNO/c1-12-9-10-19(11-15(12)18)16(20)13-5-7-14(8-6-13)17(2,3)4/h5-8,12,15H,9-11H2,1-4H3. The predicted molar refractivity (Wildman–Crippen MR) is 84.5 cm³/mol. The van der Waals surface area contributed by atoms with Crippen molar-refractivity contribution in [2.45, 2.75) is 44.9 Å². The van der Waals surface area contributed by atoms with Crippen LogP contribution in [0.2, 0.25) is 0 Å². The highest BCUT2D eigenvalue weighted by molar-refractivity contribution is 6.21. The van der Waals surface area contributed by atoms with Crippen LogP contribution in [0.3, 0.4) is 0 Å². The lowest BCUT2D eigenvalue weighted by Gasteiger charge is -2.34. The molecule has 1 heterocycles. The number of carbonyl (C=O) groups excluding carboxylic acids is 1. The molecule has 0 N–H and O–H groups in total. The summed E-state index contributed by atoms with van der Waals surface area (Å²) in [4.78, 5) is 14.4. The third-order valence-electron chi connectivity index (χ3n) is 4.15. The lowest BCUT2D eigenvalue weighted by atomic mass is 9.86. The summed E-state index contributed by atoms with van der Waals surface area (Å²) < 4.78 is 0. The van der Waals surface area contributed by atoms with Gasteiger partial charge in [0.2, 0.25) is 0 Å². The van der Waals surface area contributed by atoms with Gasteiger partial charge in [0.15, 0.2) is 0 Å². The molecular formula is C17H24ClNO. The van der Waals surface area contributed by atoms with Gasteiger partial charge in [-0.1, -0.05) is 39.8 Å². The first kappa shape index (κ1) is 15.4. The Morgan fingerprint density at radius 1 is 1.25 bits per heavy atom. The molecule has 2 atom stereocenters. The number of carbonyl (C=O) groups is 1. The highest BCUT2D eigenvalue weighted by Gasteiger charge is 2.28. The largest absolute Gasteiger partial charge is 0.337 e. The van der Waals surface area contributed by atoms with Crippen LogP contribution in [0.5, 0.6) is 0 Å². The molecule has 0 aliphatic carbocycles. The Hall–Kier alpha value is -1.02. The molecule has 2 nitrogen and oxygen atoms in total. The van der Waals surface area contributed by atoms with Crippen molar-refractivity contribution in [3.05, 3.63) is 35.4 Å².